The second-order valence-corrected chi connectivity index (χ2v) is 4.18. The maximum absolute atomic E-state index is 10.7. The maximum atomic E-state index is 10.7. The second kappa shape index (κ2) is 5.74. The predicted molar refractivity (Wildman–Crippen MR) is 62.8 cm³/mol. The van der Waals surface area contributed by atoms with Crippen molar-refractivity contribution in [2.45, 2.75) is 26.5 Å². The fraction of sp³-hybridized carbons (Fsp3) is 0.700. The molecule has 96 valence electrons. The van der Waals surface area contributed by atoms with E-state index in [0.717, 1.165) is 0 Å². The molecule has 0 bridgehead atoms. The summed E-state index contributed by atoms with van der Waals surface area (Å²) >= 11 is 0. The summed E-state index contributed by atoms with van der Waals surface area (Å²) < 4.78 is 1.57. The van der Waals surface area contributed by atoms with E-state index in [0.29, 0.717) is 25.5 Å². The van der Waals surface area contributed by atoms with E-state index >= 15 is 0 Å². The summed E-state index contributed by atoms with van der Waals surface area (Å²) in [5, 5.41) is 20.0. The van der Waals surface area contributed by atoms with Gasteiger partial charge in [0.1, 0.15) is 12.7 Å². The highest BCUT2D eigenvalue weighted by molar-refractivity contribution is 5.18. The van der Waals surface area contributed by atoms with Crippen LogP contribution in [0.3, 0.4) is 0 Å². The highest BCUT2D eigenvalue weighted by Gasteiger charge is 2.17. The van der Waals surface area contributed by atoms with Gasteiger partial charge in [-0.1, -0.05) is 0 Å². The molecule has 0 spiro atoms. The molecule has 17 heavy (non-hydrogen) atoms. The van der Waals surface area contributed by atoms with E-state index in [1.807, 2.05) is 11.9 Å². The van der Waals surface area contributed by atoms with Gasteiger partial charge in [-0.2, -0.15) is 0 Å². The van der Waals surface area contributed by atoms with Crippen LogP contribution in [0.5, 0.6) is 0 Å². The molecule has 0 amide bonds. The summed E-state index contributed by atoms with van der Waals surface area (Å²) in [4.78, 5) is 16.2. The molecule has 0 aliphatic heterocycles. The monoisotopic (exact) mass is 242 g/mol. The Morgan fingerprint density at radius 3 is 2.88 bits per heavy atom. The van der Waals surface area contributed by atoms with Crippen molar-refractivity contribution in [3.05, 3.63) is 22.1 Å². The van der Waals surface area contributed by atoms with E-state index < -0.39 is 11.0 Å². The van der Waals surface area contributed by atoms with Crippen molar-refractivity contribution >= 4 is 5.82 Å². The number of aromatic nitrogens is 2. The highest BCUT2D eigenvalue weighted by atomic mass is 16.6. The number of imidazole rings is 1. The van der Waals surface area contributed by atoms with Gasteiger partial charge < -0.3 is 15.2 Å². The number of rotatable bonds is 6. The van der Waals surface area contributed by atoms with Crippen molar-refractivity contribution in [2.75, 3.05) is 20.1 Å². The third-order valence-corrected chi connectivity index (χ3v) is 2.50. The number of aryl methyl sites for hydroxylation is 1. The minimum Gasteiger partial charge on any atom is -0.392 e. The first kappa shape index (κ1) is 13.6. The number of hydrogen-bond donors (Lipinski definition) is 1. The van der Waals surface area contributed by atoms with Crippen LogP contribution in [0, 0.1) is 17.0 Å². The van der Waals surface area contributed by atoms with Crippen LogP contribution in [0.1, 0.15) is 12.7 Å². The third kappa shape index (κ3) is 3.79. The smallest absolute Gasteiger partial charge is 0.342 e. The zero-order chi connectivity index (χ0) is 13.0. The standard InChI is InChI=1S/C10H18N4O3/c1-8(15)7-12(3)4-5-13-9(2)11-6-10(13)14(16)17/h6,8,15H,4-5,7H2,1-3H3. The van der Waals surface area contributed by atoms with E-state index in [1.54, 1.807) is 18.4 Å². The summed E-state index contributed by atoms with van der Waals surface area (Å²) in [5.74, 6) is 0.634. The topological polar surface area (TPSA) is 84.4 Å². The van der Waals surface area contributed by atoms with Gasteiger partial charge >= 0.3 is 5.82 Å². The minimum atomic E-state index is -0.436. The van der Waals surface area contributed by atoms with E-state index in [-0.39, 0.29) is 5.82 Å². The number of aliphatic hydroxyl groups is 1. The zero-order valence-electron chi connectivity index (χ0n) is 10.3. The lowest BCUT2D eigenvalue weighted by atomic mass is 10.3. The summed E-state index contributed by atoms with van der Waals surface area (Å²) in [6, 6.07) is 0. The van der Waals surface area contributed by atoms with Crippen LogP contribution >= 0.6 is 0 Å². The lowest BCUT2D eigenvalue weighted by Gasteiger charge is -2.17. The molecule has 1 aromatic rings. The molecular weight excluding hydrogens is 224 g/mol. The van der Waals surface area contributed by atoms with Gasteiger partial charge in [0.2, 0.25) is 0 Å². The van der Waals surface area contributed by atoms with Crippen LogP contribution in [-0.2, 0) is 6.54 Å². The predicted octanol–water partition coefficient (Wildman–Crippen LogP) is 0.412. The number of likely N-dealkylation sites (N-methyl/N-ethyl adjacent to an activating group) is 1. The van der Waals surface area contributed by atoms with Gasteiger partial charge in [-0.25, -0.2) is 9.55 Å². The Bertz CT molecular complexity index is 389. The molecule has 1 rings (SSSR count). The number of nitrogens with zero attached hydrogens (tertiary/aromatic N) is 4. The van der Waals surface area contributed by atoms with Crippen LogP contribution in [0.25, 0.3) is 0 Å². The Hall–Kier alpha value is -1.47. The summed E-state index contributed by atoms with van der Waals surface area (Å²) in [7, 11) is 1.87. The van der Waals surface area contributed by atoms with E-state index in [2.05, 4.69) is 4.98 Å². The van der Waals surface area contributed by atoms with E-state index in [1.165, 1.54) is 6.20 Å². The van der Waals surface area contributed by atoms with Crippen LogP contribution < -0.4 is 0 Å². The van der Waals surface area contributed by atoms with Gasteiger partial charge in [0.25, 0.3) is 0 Å². The molecule has 0 radical (unpaired) electrons. The maximum Gasteiger partial charge on any atom is 0.342 e. The third-order valence-electron chi connectivity index (χ3n) is 2.50. The van der Waals surface area contributed by atoms with Crippen LogP contribution in [-0.4, -0.2) is 50.7 Å². The molecular formula is C10H18N4O3. The first-order chi connectivity index (χ1) is 7.91. The van der Waals surface area contributed by atoms with Crippen molar-refractivity contribution in [3.63, 3.8) is 0 Å². The zero-order valence-corrected chi connectivity index (χ0v) is 10.3. The van der Waals surface area contributed by atoms with Gasteiger partial charge in [0.05, 0.1) is 6.10 Å². The van der Waals surface area contributed by atoms with Crippen LogP contribution in [0.4, 0.5) is 5.82 Å². The van der Waals surface area contributed by atoms with Gasteiger partial charge in [0.15, 0.2) is 5.82 Å². The molecule has 0 aromatic carbocycles. The normalized spacial score (nSPS) is 13.0. The van der Waals surface area contributed by atoms with Crippen molar-refractivity contribution in [1.29, 1.82) is 0 Å². The van der Waals surface area contributed by atoms with Gasteiger partial charge in [-0.3, -0.25) is 4.90 Å². The fourth-order valence-corrected chi connectivity index (χ4v) is 1.69. The molecule has 7 heteroatoms. The SMILES string of the molecule is Cc1ncc([N+](=O)[O-])n1CCN(C)CC(C)O. The molecule has 1 unspecified atom stereocenters. The summed E-state index contributed by atoms with van der Waals surface area (Å²) in [5.41, 5.74) is 0. The lowest BCUT2D eigenvalue weighted by Crippen LogP contribution is -2.30. The van der Waals surface area contributed by atoms with Gasteiger partial charge in [-0.15, -0.1) is 0 Å². The molecule has 0 aliphatic rings. The molecule has 1 N–H and O–H groups in total. The van der Waals surface area contributed by atoms with Crippen molar-refractivity contribution < 1.29 is 10.0 Å². The molecule has 0 aliphatic carbocycles. The lowest BCUT2D eigenvalue weighted by molar-refractivity contribution is -0.392. The first-order valence-corrected chi connectivity index (χ1v) is 5.45. The quantitative estimate of drug-likeness (QED) is 0.577. The van der Waals surface area contributed by atoms with Crippen molar-refractivity contribution in [3.8, 4) is 0 Å². The largest absolute Gasteiger partial charge is 0.392 e. The summed E-state index contributed by atoms with van der Waals surface area (Å²) in [6.45, 7) is 5.11. The number of aliphatic hydroxyl groups excluding tert-OH is 1. The fourth-order valence-electron chi connectivity index (χ4n) is 1.69. The Labute approximate surface area is 99.8 Å². The molecule has 0 fully saturated rings. The van der Waals surface area contributed by atoms with Crippen LogP contribution in [0.15, 0.2) is 6.20 Å². The Balaban J connectivity index is 2.62. The highest BCUT2D eigenvalue weighted by Crippen LogP contribution is 2.13. The van der Waals surface area contributed by atoms with E-state index in [4.69, 9.17) is 0 Å². The van der Waals surface area contributed by atoms with Crippen molar-refractivity contribution in [2.24, 2.45) is 0 Å². The first-order valence-electron chi connectivity index (χ1n) is 5.45. The molecule has 1 aromatic heterocycles. The average molecular weight is 242 g/mol. The molecule has 0 saturated carbocycles. The molecule has 0 saturated heterocycles. The molecule has 7 nitrogen and oxygen atoms in total. The average Bonchev–Trinajstić information content (AvgIpc) is 2.55. The number of nitro groups is 1. The Kier molecular flexibility index (Phi) is 4.59. The molecule has 1 atom stereocenters. The minimum absolute atomic E-state index is 0.00736. The van der Waals surface area contributed by atoms with Gasteiger partial charge in [-0.05, 0) is 18.9 Å². The molecule has 1 heterocycles. The summed E-state index contributed by atoms with van der Waals surface area (Å²) in [6.07, 6.45) is 0.864. The van der Waals surface area contributed by atoms with Crippen molar-refractivity contribution in [1.82, 2.24) is 14.5 Å². The Morgan fingerprint density at radius 2 is 2.35 bits per heavy atom. The number of hydrogen-bond acceptors (Lipinski definition) is 5. The van der Waals surface area contributed by atoms with Gasteiger partial charge in [0, 0.05) is 20.0 Å². The van der Waals surface area contributed by atoms with E-state index in [9.17, 15) is 15.2 Å². The second-order valence-electron chi connectivity index (χ2n) is 4.18. The van der Waals surface area contributed by atoms with Crippen LogP contribution in [0.2, 0.25) is 0 Å². The Morgan fingerprint density at radius 1 is 1.71 bits per heavy atom.